The van der Waals surface area contributed by atoms with Crippen LogP contribution in [0.4, 0.5) is 18.0 Å². The van der Waals surface area contributed by atoms with Gasteiger partial charge in [0.05, 0.1) is 12.6 Å². The van der Waals surface area contributed by atoms with Crippen molar-refractivity contribution in [2.24, 2.45) is 0 Å². The fourth-order valence-electron chi connectivity index (χ4n) is 0.927. The summed E-state index contributed by atoms with van der Waals surface area (Å²) in [5, 5.41) is 0. The van der Waals surface area contributed by atoms with Gasteiger partial charge in [0.15, 0.2) is 6.10 Å². The SMILES string of the molecule is COC(CN(C)C(=O)OC(C)C)C(F)(F)F. The largest absolute Gasteiger partial charge is 0.447 e. The minimum atomic E-state index is -4.50. The Balaban J connectivity index is 4.31. The third-order valence-electron chi connectivity index (χ3n) is 1.74. The molecule has 0 aromatic heterocycles. The summed E-state index contributed by atoms with van der Waals surface area (Å²) in [5.74, 6) is 0. The molecule has 0 spiro atoms. The van der Waals surface area contributed by atoms with Gasteiger partial charge in [-0.3, -0.25) is 0 Å². The average molecular weight is 243 g/mol. The highest BCUT2D eigenvalue weighted by atomic mass is 19.4. The van der Waals surface area contributed by atoms with Crippen LogP contribution in [0.3, 0.4) is 0 Å². The average Bonchev–Trinajstić information content (AvgIpc) is 2.10. The topological polar surface area (TPSA) is 38.8 Å². The van der Waals surface area contributed by atoms with E-state index in [1.165, 1.54) is 7.05 Å². The number of carbonyl (C=O) groups is 1. The van der Waals surface area contributed by atoms with Crippen LogP contribution in [0, 0.1) is 0 Å². The predicted molar refractivity (Wildman–Crippen MR) is 51.1 cm³/mol. The molecule has 0 aliphatic rings. The van der Waals surface area contributed by atoms with Gasteiger partial charge in [-0.25, -0.2) is 4.79 Å². The Kier molecular flexibility index (Phi) is 5.57. The zero-order valence-corrected chi connectivity index (χ0v) is 9.67. The fraction of sp³-hybridized carbons (Fsp3) is 0.889. The van der Waals surface area contributed by atoms with Crippen molar-refractivity contribution < 1.29 is 27.4 Å². The maximum atomic E-state index is 12.3. The van der Waals surface area contributed by atoms with Crippen molar-refractivity contribution in [3.8, 4) is 0 Å². The first-order valence-corrected chi connectivity index (χ1v) is 4.69. The van der Waals surface area contributed by atoms with Gasteiger partial charge in [0.25, 0.3) is 0 Å². The Morgan fingerprint density at radius 1 is 1.38 bits per heavy atom. The molecule has 0 radical (unpaired) electrons. The number of methoxy groups -OCH3 is 1. The van der Waals surface area contributed by atoms with E-state index < -0.39 is 24.9 Å². The van der Waals surface area contributed by atoms with Crippen LogP contribution in [0.1, 0.15) is 13.8 Å². The summed E-state index contributed by atoms with van der Waals surface area (Å²) in [6.07, 6.45) is -7.68. The van der Waals surface area contributed by atoms with Gasteiger partial charge in [0.2, 0.25) is 0 Å². The Morgan fingerprint density at radius 3 is 2.19 bits per heavy atom. The number of ether oxygens (including phenoxy) is 2. The summed E-state index contributed by atoms with van der Waals surface area (Å²) < 4.78 is 45.9. The summed E-state index contributed by atoms with van der Waals surface area (Å²) >= 11 is 0. The van der Waals surface area contributed by atoms with Crippen molar-refractivity contribution in [3.05, 3.63) is 0 Å². The van der Waals surface area contributed by atoms with Gasteiger partial charge in [0.1, 0.15) is 0 Å². The lowest BCUT2D eigenvalue weighted by atomic mass is 10.3. The molecule has 0 rings (SSSR count). The van der Waals surface area contributed by atoms with Crippen molar-refractivity contribution in [1.29, 1.82) is 0 Å². The molecule has 0 aromatic rings. The minimum absolute atomic E-state index is 0.373. The Labute approximate surface area is 92.3 Å². The number of hydrogen-bond donors (Lipinski definition) is 0. The molecule has 1 unspecified atom stereocenters. The van der Waals surface area contributed by atoms with Crippen LogP contribution in [0.15, 0.2) is 0 Å². The summed E-state index contributed by atoms with van der Waals surface area (Å²) in [6.45, 7) is 2.64. The van der Waals surface area contributed by atoms with Crippen LogP contribution in [-0.2, 0) is 9.47 Å². The molecule has 0 saturated carbocycles. The van der Waals surface area contributed by atoms with E-state index in [1.54, 1.807) is 13.8 Å². The normalized spacial score (nSPS) is 13.8. The van der Waals surface area contributed by atoms with Gasteiger partial charge < -0.3 is 14.4 Å². The van der Waals surface area contributed by atoms with Gasteiger partial charge in [0, 0.05) is 14.2 Å². The van der Waals surface area contributed by atoms with Gasteiger partial charge in [-0.1, -0.05) is 0 Å². The smallest absolute Gasteiger partial charge is 0.416 e. The first-order chi connectivity index (χ1) is 7.18. The van der Waals surface area contributed by atoms with E-state index in [0.29, 0.717) is 0 Å². The molecular formula is C9H16F3NO3. The third-order valence-corrected chi connectivity index (χ3v) is 1.74. The van der Waals surface area contributed by atoms with Crippen molar-refractivity contribution in [2.75, 3.05) is 20.7 Å². The highest BCUT2D eigenvalue weighted by Crippen LogP contribution is 2.23. The van der Waals surface area contributed by atoms with Crippen LogP contribution in [0.25, 0.3) is 0 Å². The van der Waals surface area contributed by atoms with Gasteiger partial charge in [-0.15, -0.1) is 0 Å². The fourth-order valence-corrected chi connectivity index (χ4v) is 0.927. The summed E-state index contributed by atoms with van der Waals surface area (Å²) in [6, 6.07) is 0. The first kappa shape index (κ1) is 15.0. The molecule has 0 aliphatic carbocycles. The second-order valence-corrected chi connectivity index (χ2v) is 3.58. The second kappa shape index (κ2) is 5.93. The number of likely N-dealkylation sites (N-methyl/N-ethyl adjacent to an activating group) is 1. The lowest BCUT2D eigenvalue weighted by Gasteiger charge is -2.25. The maximum absolute atomic E-state index is 12.3. The molecule has 16 heavy (non-hydrogen) atoms. The molecule has 7 heteroatoms. The van der Waals surface area contributed by atoms with E-state index in [4.69, 9.17) is 4.74 Å². The maximum Gasteiger partial charge on any atom is 0.416 e. The van der Waals surface area contributed by atoms with E-state index >= 15 is 0 Å². The molecule has 1 atom stereocenters. The zero-order valence-electron chi connectivity index (χ0n) is 9.67. The summed E-state index contributed by atoms with van der Waals surface area (Å²) in [4.78, 5) is 12.0. The lowest BCUT2D eigenvalue weighted by Crippen LogP contribution is -2.43. The number of alkyl halides is 3. The highest BCUT2D eigenvalue weighted by Gasteiger charge is 2.41. The van der Waals surface area contributed by atoms with Crippen LogP contribution in [0.2, 0.25) is 0 Å². The van der Waals surface area contributed by atoms with Crippen molar-refractivity contribution in [1.82, 2.24) is 4.90 Å². The van der Waals surface area contributed by atoms with E-state index in [-0.39, 0.29) is 6.10 Å². The number of rotatable bonds is 4. The number of halogens is 3. The van der Waals surface area contributed by atoms with E-state index in [9.17, 15) is 18.0 Å². The number of nitrogens with zero attached hydrogens (tertiary/aromatic N) is 1. The van der Waals surface area contributed by atoms with Crippen LogP contribution in [0.5, 0.6) is 0 Å². The molecule has 1 amide bonds. The second-order valence-electron chi connectivity index (χ2n) is 3.58. The highest BCUT2D eigenvalue weighted by molar-refractivity contribution is 5.67. The van der Waals surface area contributed by atoms with Crippen molar-refractivity contribution in [2.45, 2.75) is 32.2 Å². The predicted octanol–water partition coefficient (Wildman–Crippen LogP) is 2.04. The number of hydrogen-bond acceptors (Lipinski definition) is 3. The van der Waals surface area contributed by atoms with Crippen LogP contribution < -0.4 is 0 Å². The Hall–Kier alpha value is -0.980. The first-order valence-electron chi connectivity index (χ1n) is 4.69. The molecule has 0 bridgehead atoms. The third kappa shape index (κ3) is 5.20. The molecule has 0 aromatic carbocycles. The lowest BCUT2D eigenvalue weighted by molar-refractivity contribution is -0.215. The van der Waals surface area contributed by atoms with Crippen molar-refractivity contribution >= 4 is 6.09 Å². The van der Waals surface area contributed by atoms with E-state index in [2.05, 4.69) is 4.74 Å². The Bertz CT molecular complexity index is 231. The molecule has 96 valence electrons. The minimum Gasteiger partial charge on any atom is -0.447 e. The molecule has 0 aliphatic heterocycles. The van der Waals surface area contributed by atoms with Crippen LogP contribution >= 0.6 is 0 Å². The zero-order chi connectivity index (χ0) is 12.9. The molecule has 0 fully saturated rings. The Morgan fingerprint density at radius 2 is 1.88 bits per heavy atom. The molecule has 0 saturated heterocycles. The van der Waals surface area contributed by atoms with Gasteiger partial charge in [-0.05, 0) is 13.8 Å². The monoisotopic (exact) mass is 243 g/mol. The van der Waals surface area contributed by atoms with Crippen LogP contribution in [-0.4, -0.2) is 50.1 Å². The van der Waals surface area contributed by atoms with Gasteiger partial charge >= 0.3 is 12.3 Å². The number of amides is 1. The molecule has 0 N–H and O–H groups in total. The number of carbonyl (C=O) groups excluding carboxylic acids is 1. The summed E-state index contributed by atoms with van der Waals surface area (Å²) in [5.41, 5.74) is 0. The van der Waals surface area contributed by atoms with E-state index in [0.717, 1.165) is 12.0 Å². The molecular weight excluding hydrogens is 227 g/mol. The molecule has 4 nitrogen and oxygen atoms in total. The standard InChI is InChI=1S/C9H16F3NO3/c1-6(2)16-8(14)13(3)5-7(15-4)9(10,11)12/h6-7H,5H2,1-4H3. The van der Waals surface area contributed by atoms with E-state index in [1.807, 2.05) is 0 Å². The molecule has 0 heterocycles. The summed E-state index contributed by atoms with van der Waals surface area (Å²) in [7, 11) is 2.17. The van der Waals surface area contributed by atoms with Crippen molar-refractivity contribution in [3.63, 3.8) is 0 Å². The quantitative estimate of drug-likeness (QED) is 0.758. The van der Waals surface area contributed by atoms with Gasteiger partial charge in [-0.2, -0.15) is 13.2 Å².